The molecule has 0 radical (unpaired) electrons. The summed E-state index contributed by atoms with van der Waals surface area (Å²) in [6.07, 6.45) is 0. The molecule has 0 aliphatic rings. The highest BCUT2D eigenvalue weighted by Gasteiger charge is 2.18. The van der Waals surface area contributed by atoms with Gasteiger partial charge in [0.05, 0.1) is 11.5 Å². The Balaban J connectivity index is 2.47. The van der Waals surface area contributed by atoms with Crippen LogP contribution >= 0.6 is 11.6 Å². The monoisotopic (exact) mass is 293 g/mol. The van der Waals surface area contributed by atoms with E-state index in [-0.39, 0.29) is 18.0 Å². The van der Waals surface area contributed by atoms with Gasteiger partial charge in [-0.1, -0.05) is 23.7 Å². The van der Waals surface area contributed by atoms with Gasteiger partial charge in [0.15, 0.2) is 0 Å². The van der Waals surface area contributed by atoms with Crippen molar-refractivity contribution in [3.8, 4) is 11.5 Å². The van der Waals surface area contributed by atoms with Crippen molar-refractivity contribution in [3.05, 3.63) is 62.7 Å². The third kappa shape index (κ3) is 2.89. The van der Waals surface area contributed by atoms with Crippen molar-refractivity contribution in [2.75, 3.05) is 0 Å². The van der Waals surface area contributed by atoms with Gasteiger partial charge in [0, 0.05) is 16.7 Å². The summed E-state index contributed by atoms with van der Waals surface area (Å²) in [6, 6.07) is 9.41. The molecule has 0 saturated heterocycles. The van der Waals surface area contributed by atoms with Crippen LogP contribution in [0.25, 0.3) is 0 Å². The number of nitro benzene ring substituents is 1. The SMILES string of the molecule is Cc1cccc([N+](=O)[O-])c1Oc1ccc(Cl)cc1CO. The maximum absolute atomic E-state index is 11.0. The Morgan fingerprint density at radius 3 is 2.75 bits per heavy atom. The van der Waals surface area contributed by atoms with E-state index >= 15 is 0 Å². The smallest absolute Gasteiger partial charge is 0.311 e. The molecular formula is C14H12ClNO4. The molecule has 0 amide bonds. The second kappa shape index (κ2) is 5.90. The van der Waals surface area contributed by atoms with Gasteiger partial charge in [0.25, 0.3) is 0 Å². The molecule has 0 fully saturated rings. The summed E-state index contributed by atoms with van der Waals surface area (Å²) in [5.74, 6) is 0.504. The van der Waals surface area contributed by atoms with Crippen LogP contribution in [0.1, 0.15) is 11.1 Å². The quantitative estimate of drug-likeness (QED) is 0.686. The lowest BCUT2D eigenvalue weighted by Gasteiger charge is -2.12. The van der Waals surface area contributed by atoms with Crippen LogP contribution in [0, 0.1) is 17.0 Å². The number of nitro groups is 1. The summed E-state index contributed by atoms with van der Waals surface area (Å²) < 4.78 is 5.62. The van der Waals surface area contributed by atoms with Gasteiger partial charge in [-0.3, -0.25) is 10.1 Å². The number of para-hydroxylation sites is 1. The maximum atomic E-state index is 11.0. The number of aliphatic hydroxyl groups is 1. The zero-order chi connectivity index (χ0) is 14.7. The molecule has 0 aliphatic carbocycles. The highest BCUT2D eigenvalue weighted by molar-refractivity contribution is 6.30. The Labute approximate surface area is 120 Å². The van der Waals surface area contributed by atoms with E-state index in [9.17, 15) is 15.2 Å². The first-order valence-electron chi connectivity index (χ1n) is 5.84. The molecule has 0 bridgehead atoms. The lowest BCUT2D eigenvalue weighted by atomic mass is 10.2. The van der Waals surface area contributed by atoms with Gasteiger partial charge in [-0.15, -0.1) is 0 Å². The first-order valence-corrected chi connectivity index (χ1v) is 6.22. The zero-order valence-electron chi connectivity index (χ0n) is 10.7. The second-order valence-electron chi connectivity index (χ2n) is 4.19. The lowest BCUT2D eigenvalue weighted by Crippen LogP contribution is -1.98. The Morgan fingerprint density at radius 1 is 1.35 bits per heavy atom. The van der Waals surface area contributed by atoms with Crippen molar-refractivity contribution in [1.29, 1.82) is 0 Å². The maximum Gasteiger partial charge on any atom is 0.311 e. The van der Waals surface area contributed by atoms with Gasteiger partial charge in [0.1, 0.15) is 5.75 Å². The minimum atomic E-state index is -0.503. The molecule has 0 atom stereocenters. The zero-order valence-corrected chi connectivity index (χ0v) is 11.4. The van der Waals surface area contributed by atoms with Gasteiger partial charge in [-0.05, 0) is 30.7 Å². The molecule has 0 aromatic heterocycles. The minimum absolute atomic E-state index is 0.121. The molecule has 6 heteroatoms. The van der Waals surface area contributed by atoms with Crippen molar-refractivity contribution in [2.45, 2.75) is 13.5 Å². The highest BCUT2D eigenvalue weighted by atomic mass is 35.5. The van der Waals surface area contributed by atoms with Gasteiger partial charge in [-0.2, -0.15) is 0 Å². The van der Waals surface area contributed by atoms with Crippen molar-refractivity contribution in [1.82, 2.24) is 0 Å². The largest absolute Gasteiger partial charge is 0.449 e. The summed E-state index contributed by atoms with van der Waals surface area (Å²) >= 11 is 5.84. The number of rotatable bonds is 4. The fourth-order valence-electron chi connectivity index (χ4n) is 1.79. The molecule has 2 aromatic rings. The van der Waals surface area contributed by atoms with Crippen LogP contribution in [-0.2, 0) is 6.61 Å². The average Bonchev–Trinajstić information content (AvgIpc) is 2.42. The summed E-state index contributed by atoms with van der Waals surface area (Å²) in [7, 11) is 0. The van der Waals surface area contributed by atoms with E-state index in [0.29, 0.717) is 21.9 Å². The third-order valence-corrected chi connectivity index (χ3v) is 3.03. The summed E-state index contributed by atoms with van der Waals surface area (Å²) in [5.41, 5.74) is 0.983. The number of hydrogen-bond donors (Lipinski definition) is 1. The van der Waals surface area contributed by atoms with Gasteiger partial charge in [-0.25, -0.2) is 0 Å². The summed E-state index contributed by atoms with van der Waals surface area (Å²) in [6.45, 7) is 1.45. The number of benzene rings is 2. The topological polar surface area (TPSA) is 72.6 Å². The molecule has 0 saturated carbocycles. The molecule has 0 aliphatic heterocycles. The predicted octanol–water partition coefficient (Wildman–Crippen LogP) is 3.84. The van der Waals surface area contributed by atoms with Crippen molar-refractivity contribution < 1.29 is 14.8 Å². The van der Waals surface area contributed by atoms with E-state index in [1.807, 2.05) is 0 Å². The summed E-state index contributed by atoms with van der Waals surface area (Å²) in [5, 5.41) is 20.8. The molecule has 0 spiro atoms. The van der Waals surface area contributed by atoms with Crippen molar-refractivity contribution >= 4 is 17.3 Å². The van der Waals surface area contributed by atoms with Gasteiger partial charge >= 0.3 is 5.69 Å². The number of ether oxygens (including phenoxy) is 1. The van der Waals surface area contributed by atoms with E-state index in [1.54, 1.807) is 37.3 Å². The second-order valence-corrected chi connectivity index (χ2v) is 4.63. The van der Waals surface area contributed by atoms with Crippen LogP contribution < -0.4 is 4.74 Å². The third-order valence-electron chi connectivity index (χ3n) is 2.79. The van der Waals surface area contributed by atoms with Crippen LogP contribution in [0.4, 0.5) is 5.69 Å². The first kappa shape index (κ1) is 14.3. The lowest BCUT2D eigenvalue weighted by molar-refractivity contribution is -0.385. The normalized spacial score (nSPS) is 10.3. The van der Waals surface area contributed by atoms with Crippen LogP contribution in [0.15, 0.2) is 36.4 Å². The first-order chi connectivity index (χ1) is 9.52. The predicted molar refractivity (Wildman–Crippen MR) is 75.3 cm³/mol. The van der Waals surface area contributed by atoms with E-state index < -0.39 is 4.92 Å². The molecule has 0 unspecified atom stereocenters. The summed E-state index contributed by atoms with van der Waals surface area (Å²) in [4.78, 5) is 10.5. The highest BCUT2D eigenvalue weighted by Crippen LogP contribution is 2.36. The molecule has 104 valence electrons. The Hall–Kier alpha value is -2.11. The van der Waals surface area contributed by atoms with Crippen molar-refractivity contribution in [3.63, 3.8) is 0 Å². The fraction of sp³-hybridized carbons (Fsp3) is 0.143. The Bertz CT molecular complexity index is 658. The number of hydrogen-bond acceptors (Lipinski definition) is 4. The van der Waals surface area contributed by atoms with E-state index in [2.05, 4.69) is 0 Å². The molecule has 5 nitrogen and oxygen atoms in total. The number of aliphatic hydroxyl groups excluding tert-OH is 1. The van der Waals surface area contributed by atoms with Crippen LogP contribution in [0.2, 0.25) is 5.02 Å². The molecule has 20 heavy (non-hydrogen) atoms. The van der Waals surface area contributed by atoms with Crippen molar-refractivity contribution in [2.24, 2.45) is 0 Å². The van der Waals surface area contributed by atoms with Gasteiger partial charge in [0.2, 0.25) is 5.75 Å². The number of halogens is 1. The minimum Gasteiger partial charge on any atom is -0.449 e. The van der Waals surface area contributed by atoms with E-state index in [0.717, 1.165) is 0 Å². The average molecular weight is 294 g/mol. The van der Waals surface area contributed by atoms with E-state index in [4.69, 9.17) is 16.3 Å². The molecule has 2 rings (SSSR count). The van der Waals surface area contributed by atoms with Gasteiger partial charge < -0.3 is 9.84 Å². The van der Waals surface area contributed by atoms with E-state index in [1.165, 1.54) is 6.07 Å². The molecular weight excluding hydrogens is 282 g/mol. The van der Waals surface area contributed by atoms with Crippen LogP contribution in [-0.4, -0.2) is 10.0 Å². The van der Waals surface area contributed by atoms with Crippen LogP contribution in [0.3, 0.4) is 0 Å². The standard InChI is InChI=1S/C14H12ClNO4/c1-9-3-2-4-12(16(18)19)14(9)20-13-6-5-11(15)7-10(13)8-17/h2-7,17H,8H2,1H3. The molecule has 0 heterocycles. The van der Waals surface area contributed by atoms with Crippen LogP contribution in [0.5, 0.6) is 11.5 Å². The fourth-order valence-corrected chi connectivity index (χ4v) is 1.99. The number of nitrogens with zero attached hydrogens (tertiary/aromatic N) is 1. The Morgan fingerprint density at radius 2 is 2.10 bits per heavy atom. The number of aryl methyl sites for hydroxylation is 1. The molecule has 1 N–H and O–H groups in total. The Kier molecular flexibility index (Phi) is 4.22. The molecule has 2 aromatic carbocycles.